The summed E-state index contributed by atoms with van der Waals surface area (Å²) in [7, 11) is 0. The Morgan fingerprint density at radius 1 is 1.03 bits per heavy atom. The van der Waals surface area contributed by atoms with E-state index < -0.39 is 0 Å². The zero-order chi connectivity index (χ0) is 21.1. The molecule has 6 nitrogen and oxygen atoms in total. The molecular formula is C23H16ClNO5. The number of nitrogens with one attached hydrogen (secondary N) is 1. The Kier molecular flexibility index (Phi) is 5.41. The largest absolute Gasteiger partial charge is 0.508 e. The molecule has 150 valence electrons. The number of anilines is 1. The third-order valence-electron chi connectivity index (χ3n) is 4.42. The average Bonchev–Trinajstić information content (AvgIpc) is 2.75. The van der Waals surface area contributed by atoms with Crippen molar-refractivity contribution in [2.45, 2.75) is 0 Å². The van der Waals surface area contributed by atoms with E-state index >= 15 is 0 Å². The number of rotatable bonds is 5. The van der Waals surface area contributed by atoms with Crippen molar-refractivity contribution >= 4 is 34.2 Å². The standard InChI is InChI=1S/C23H16ClNO5/c24-15-3-1-14(2-4-15)20-12-30-21-11-18(9-10-19(21)23(20)28)29-13-22(27)25-16-5-7-17(26)8-6-16/h1-12,26H,13H2,(H,25,27). The van der Waals surface area contributed by atoms with Crippen LogP contribution in [0.15, 0.2) is 82.2 Å². The fourth-order valence-electron chi connectivity index (χ4n) is 2.92. The fraction of sp³-hybridized carbons (Fsp3) is 0.0435. The van der Waals surface area contributed by atoms with Crippen LogP contribution in [-0.4, -0.2) is 17.6 Å². The van der Waals surface area contributed by atoms with E-state index in [9.17, 15) is 14.7 Å². The molecule has 0 saturated heterocycles. The number of hydrogen-bond acceptors (Lipinski definition) is 5. The van der Waals surface area contributed by atoms with E-state index in [2.05, 4.69) is 5.32 Å². The zero-order valence-corrected chi connectivity index (χ0v) is 16.3. The molecule has 30 heavy (non-hydrogen) atoms. The highest BCUT2D eigenvalue weighted by Crippen LogP contribution is 2.24. The monoisotopic (exact) mass is 421 g/mol. The first-order chi connectivity index (χ1) is 14.5. The fourth-order valence-corrected chi connectivity index (χ4v) is 3.04. The van der Waals surface area contributed by atoms with E-state index in [1.54, 1.807) is 54.6 Å². The van der Waals surface area contributed by atoms with Gasteiger partial charge >= 0.3 is 0 Å². The van der Waals surface area contributed by atoms with Crippen LogP contribution in [0.25, 0.3) is 22.1 Å². The van der Waals surface area contributed by atoms with Gasteiger partial charge in [-0.1, -0.05) is 23.7 Å². The van der Waals surface area contributed by atoms with Gasteiger partial charge in [-0.3, -0.25) is 9.59 Å². The maximum Gasteiger partial charge on any atom is 0.262 e. The molecule has 0 aliphatic carbocycles. The van der Waals surface area contributed by atoms with Crippen LogP contribution in [0.5, 0.6) is 11.5 Å². The minimum absolute atomic E-state index is 0.112. The van der Waals surface area contributed by atoms with Crippen LogP contribution >= 0.6 is 11.6 Å². The maximum absolute atomic E-state index is 12.8. The van der Waals surface area contributed by atoms with Crippen molar-refractivity contribution < 1.29 is 19.1 Å². The Morgan fingerprint density at radius 3 is 2.50 bits per heavy atom. The van der Waals surface area contributed by atoms with Crippen LogP contribution in [0.1, 0.15) is 0 Å². The van der Waals surface area contributed by atoms with Crippen molar-refractivity contribution in [3.8, 4) is 22.6 Å². The molecule has 0 atom stereocenters. The Hall–Kier alpha value is -3.77. The molecule has 0 spiro atoms. The van der Waals surface area contributed by atoms with Crippen LogP contribution in [0, 0.1) is 0 Å². The van der Waals surface area contributed by atoms with Gasteiger partial charge < -0.3 is 19.6 Å². The summed E-state index contributed by atoms with van der Waals surface area (Å²) >= 11 is 5.90. The Bertz CT molecular complexity index is 1260. The second-order valence-corrected chi connectivity index (χ2v) is 6.96. The molecule has 0 radical (unpaired) electrons. The van der Waals surface area contributed by atoms with Gasteiger partial charge in [-0.25, -0.2) is 0 Å². The quantitative estimate of drug-likeness (QED) is 0.450. The molecule has 4 aromatic rings. The van der Waals surface area contributed by atoms with Gasteiger partial charge in [-0.05, 0) is 54.1 Å². The lowest BCUT2D eigenvalue weighted by Crippen LogP contribution is -2.20. The number of carbonyl (C=O) groups is 1. The first-order valence-corrected chi connectivity index (χ1v) is 9.40. The first kappa shape index (κ1) is 19.5. The Morgan fingerprint density at radius 2 is 1.77 bits per heavy atom. The summed E-state index contributed by atoms with van der Waals surface area (Å²) in [5.41, 5.74) is 1.87. The molecule has 0 bridgehead atoms. The van der Waals surface area contributed by atoms with Crippen LogP contribution in [0.2, 0.25) is 5.02 Å². The smallest absolute Gasteiger partial charge is 0.262 e. The number of halogens is 1. The first-order valence-electron chi connectivity index (χ1n) is 9.03. The van der Waals surface area contributed by atoms with E-state index in [0.29, 0.717) is 38.6 Å². The van der Waals surface area contributed by atoms with Gasteiger partial charge in [0.05, 0.1) is 10.9 Å². The summed E-state index contributed by atoms with van der Waals surface area (Å²) < 4.78 is 11.1. The molecule has 0 aliphatic rings. The number of ether oxygens (including phenoxy) is 1. The number of hydrogen-bond donors (Lipinski definition) is 2. The van der Waals surface area contributed by atoms with E-state index in [1.165, 1.54) is 18.4 Å². The summed E-state index contributed by atoms with van der Waals surface area (Å²) in [4.78, 5) is 24.8. The summed E-state index contributed by atoms with van der Waals surface area (Å²) in [6.45, 7) is -0.223. The van der Waals surface area contributed by atoms with Crippen molar-refractivity contribution in [3.63, 3.8) is 0 Å². The van der Waals surface area contributed by atoms with Gasteiger partial charge in [-0.2, -0.15) is 0 Å². The van der Waals surface area contributed by atoms with Gasteiger partial charge in [0.2, 0.25) is 0 Å². The molecule has 4 rings (SSSR count). The number of phenolic OH excluding ortho intramolecular Hbond substituents is 1. The van der Waals surface area contributed by atoms with Crippen LogP contribution in [0.4, 0.5) is 5.69 Å². The lowest BCUT2D eigenvalue weighted by atomic mass is 10.1. The number of phenols is 1. The summed E-state index contributed by atoms with van der Waals surface area (Å²) in [6, 6.07) is 17.8. The highest BCUT2D eigenvalue weighted by atomic mass is 35.5. The second kappa shape index (κ2) is 8.31. The molecule has 1 aromatic heterocycles. The zero-order valence-electron chi connectivity index (χ0n) is 15.6. The van der Waals surface area contributed by atoms with Crippen LogP contribution < -0.4 is 15.5 Å². The van der Waals surface area contributed by atoms with Gasteiger partial charge in [-0.15, -0.1) is 0 Å². The van der Waals surface area contributed by atoms with Crippen molar-refractivity contribution in [1.29, 1.82) is 0 Å². The molecule has 0 unspecified atom stereocenters. The van der Waals surface area contributed by atoms with Gasteiger partial charge in [0.15, 0.2) is 12.0 Å². The van der Waals surface area contributed by atoms with Crippen molar-refractivity contribution in [2.24, 2.45) is 0 Å². The van der Waals surface area contributed by atoms with E-state index in [0.717, 1.165) is 0 Å². The van der Waals surface area contributed by atoms with Gasteiger partial charge in [0, 0.05) is 16.8 Å². The molecule has 2 N–H and O–H groups in total. The van der Waals surface area contributed by atoms with Crippen LogP contribution in [0.3, 0.4) is 0 Å². The Labute approximate surface area is 176 Å². The van der Waals surface area contributed by atoms with Gasteiger partial charge in [0.25, 0.3) is 5.91 Å². The molecule has 1 amide bonds. The number of carbonyl (C=O) groups excluding carboxylic acids is 1. The summed E-state index contributed by atoms with van der Waals surface area (Å²) in [6.07, 6.45) is 1.40. The lowest BCUT2D eigenvalue weighted by Gasteiger charge is -2.09. The molecular weight excluding hydrogens is 406 g/mol. The normalized spacial score (nSPS) is 10.7. The molecule has 1 heterocycles. The number of aromatic hydroxyl groups is 1. The second-order valence-electron chi connectivity index (χ2n) is 6.53. The van der Waals surface area contributed by atoms with Crippen molar-refractivity contribution in [3.05, 3.63) is 88.2 Å². The molecule has 3 aromatic carbocycles. The highest BCUT2D eigenvalue weighted by Gasteiger charge is 2.11. The predicted octanol–water partition coefficient (Wildman–Crippen LogP) is 4.84. The number of benzene rings is 3. The lowest BCUT2D eigenvalue weighted by molar-refractivity contribution is -0.118. The van der Waals surface area contributed by atoms with E-state index in [-0.39, 0.29) is 23.7 Å². The average molecular weight is 422 g/mol. The highest BCUT2D eigenvalue weighted by molar-refractivity contribution is 6.30. The molecule has 0 aliphatic heterocycles. The maximum atomic E-state index is 12.8. The van der Waals surface area contributed by atoms with E-state index in [1.807, 2.05) is 0 Å². The SMILES string of the molecule is O=C(COc1ccc2c(=O)c(-c3ccc(Cl)cc3)coc2c1)Nc1ccc(O)cc1. The van der Waals surface area contributed by atoms with Crippen molar-refractivity contribution in [2.75, 3.05) is 11.9 Å². The summed E-state index contributed by atoms with van der Waals surface area (Å²) in [5, 5.41) is 12.9. The third-order valence-corrected chi connectivity index (χ3v) is 4.67. The Balaban J connectivity index is 1.49. The van der Waals surface area contributed by atoms with Gasteiger partial charge in [0.1, 0.15) is 23.3 Å². The predicted molar refractivity (Wildman–Crippen MR) is 115 cm³/mol. The minimum atomic E-state index is -0.361. The topological polar surface area (TPSA) is 88.8 Å². The number of amides is 1. The molecule has 7 heteroatoms. The number of fused-ring (bicyclic) bond motifs is 1. The minimum Gasteiger partial charge on any atom is -0.508 e. The van der Waals surface area contributed by atoms with Crippen molar-refractivity contribution in [1.82, 2.24) is 0 Å². The third kappa shape index (κ3) is 4.29. The van der Waals surface area contributed by atoms with E-state index in [4.69, 9.17) is 20.8 Å². The summed E-state index contributed by atoms with van der Waals surface area (Å²) in [5.74, 6) is 0.146. The molecule has 0 fully saturated rings. The van der Waals surface area contributed by atoms with Crippen LogP contribution in [-0.2, 0) is 4.79 Å². The molecule has 0 saturated carbocycles.